The maximum Gasteiger partial charge on any atom is 0.137 e. The van der Waals surface area contributed by atoms with E-state index in [1.54, 1.807) is 7.11 Å². The van der Waals surface area contributed by atoms with Gasteiger partial charge in [0.1, 0.15) is 5.75 Å². The first kappa shape index (κ1) is 16.2. The van der Waals surface area contributed by atoms with Gasteiger partial charge in [-0.25, -0.2) is 0 Å². The Balaban J connectivity index is 3.15. The molecule has 0 aliphatic rings. The minimum Gasteiger partial charge on any atom is -0.495 e. The molecule has 4 nitrogen and oxygen atoms in total. The molecular formula is C14H23ClN2O2. The molecule has 0 aliphatic carbocycles. The van der Waals surface area contributed by atoms with E-state index in [1.807, 2.05) is 32.0 Å². The minimum atomic E-state index is -0.387. The summed E-state index contributed by atoms with van der Waals surface area (Å²) in [6, 6.07) is 5.49. The lowest BCUT2D eigenvalue weighted by molar-refractivity contribution is -0.0564. The molecular weight excluding hydrogens is 264 g/mol. The van der Waals surface area contributed by atoms with Crippen molar-refractivity contribution in [2.24, 2.45) is 5.84 Å². The van der Waals surface area contributed by atoms with Gasteiger partial charge in [0, 0.05) is 6.61 Å². The lowest BCUT2D eigenvalue weighted by atomic mass is 9.88. The fraction of sp³-hybridized carbons (Fsp3) is 0.571. The minimum absolute atomic E-state index is 0.136. The molecule has 3 N–H and O–H groups in total. The van der Waals surface area contributed by atoms with Crippen LogP contribution < -0.4 is 16.0 Å². The van der Waals surface area contributed by atoms with Gasteiger partial charge in [-0.2, -0.15) is 0 Å². The highest BCUT2D eigenvalue weighted by atomic mass is 35.5. The number of hydrazine groups is 1. The lowest BCUT2D eigenvalue weighted by Crippen LogP contribution is -2.46. The molecule has 0 amide bonds. The van der Waals surface area contributed by atoms with Crippen LogP contribution in [-0.4, -0.2) is 19.3 Å². The summed E-state index contributed by atoms with van der Waals surface area (Å²) >= 11 is 6.05. The maximum atomic E-state index is 6.05. The van der Waals surface area contributed by atoms with Gasteiger partial charge in [0.05, 0.1) is 23.8 Å². The van der Waals surface area contributed by atoms with Crippen LogP contribution in [0.3, 0.4) is 0 Å². The predicted octanol–water partition coefficient (Wildman–Crippen LogP) is 3.06. The standard InChI is InChI=1S/C14H23ClN2O2/c1-5-14(3,19-6-2)13(17-16)10-7-8-11(15)12(9-10)18-4/h7-9,13,17H,5-6,16H2,1-4H3. The zero-order valence-electron chi connectivity index (χ0n) is 12.0. The highest BCUT2D eigenvalue weighted by Gasteiger charge is 2.34. The number of ether oxygens (including phenoxy) is 2. The number of hydrogen-bond acceptors (Lipinski definition) is 4. The van der Waals surface area contributed by atoms with Crippen LogP contribution in [0.4, 0.5) is 0 Å². The summed E-state index contributed by atoms with van der Waals surface area (Å²) in [5.41, 5.74) is 3.44. The number of methoxy groups -OCH3 is 1. The quantitative estimate of drug-likeness (QED) is 0.597. The molecule has 0 fully saturated rings. The van der Waals surface area contributed by atoms with Gasteiger partial charge in [-0.3, -0.25) is 11.3 Å². The molecule has 1 rings (SSSR count). The van der Waals surface area contributed by atoms with Crippen molar-refractivity contribution in [3.8, 4) is 5.75 Å². The van der Waals surface area contributed by atoms with Gasteiger partial charge in [0.25, 0.3) is 0 Å². The second-order valence-corrected chi connectivity index (χ2v) is 5.00. The molecule has 0 aliphatic heterocycles. The second kappa shape index (κ2) is 7.10. The van der Waals surface area contributed by atoms with Gasteiger partial charge in [0.15, 0.2) is 0 Å². The number of halogens is 1. The van der Waals surface area contributed by atoms with Crippen LogP contribution in [0.15, 0.2) is 18.2 Å². The Morgan fingerprint density at radius 3 is 2.58 bits per heavy atom. The molecule has 0 bridgehead atoms. The predicted molar refractivity (Wildman–Crippen MR) is 78.4 cm³/mol. The van der Waals surface area contributed by atoms with Crippen LogP contribution in [0.1, 0.15) is 38.8 Å². The Morgan fingerprint density at radius 2 is 2.11 bits per heavy atom. The number of benzene rings is 1. The van der Waals surface area contributed by atoms with E-state index in [0.29, 0.717) is 17.4 Å². The van der Waals surface area contributed by atoms with E-state index in [-0.39, 0.29) is 11.6 Å². The normalized spacial score (nSPS) is 15.9. The summed E-state index contributed by atoms with van der Waals surface area (Å²) in [7, 11) is 1.59. The van der Waals surface area contributed by atoms with E-state index >= 15 is 0 Å². The zero-order chi connectivity index (χ0) is 14.5. The monoisotopic (exact) mass is 286 g/mol. The third-order valence-electron chi connectivity index (χ3n) is 3.46. The number of rotatable bonds is 7. The largest absolute Gasteiger partial charge is 0.495 e. The van der Waals surface area contributed by atoms with Crippen molar-refractivity contribution < 1.29 is 9.47 Å². The van der Waals surface area contributed by atoms with Crippen LogP contribution in [-0.2, 0) is 4.74 Å². The maximum absolute atomic E-state index is 6.05. The molecule has 0 saturated heterocycles. The lowest BCUT2D eigenvalue weighted by Gasteiger charge is -2.36. The Kier molecular flexibility index (Phi) is 6.07. The van der Waals surface area contributed by atoms with Gasteiger partial charge in [-0.15, -0.1) is 0 Å². The number of nitrogens with one attached hydrogen (secondary N) is 1. The van der Waals surface area contributed by atoms with E-state index in [2.05, 4.69) is 12.3 Å². The van der Waals surface area contributed by atoms with Crippen LogP contribution in [0.5, 0.6) is 5.75 Å². The Morgan fingerprint density at radius 1 is 1.42 bits per heavy atom. The van der Waals surface area contributed by atoms with Crippen molar-refractivity contribution in [2.75, 3.05) is 13.7 Å². The molecule has 108 valence electrons. The highest BCUT2D eigenvalue weighted by molar-refractivity contribution is 6.32. The first-order valence-corrected chi connectivity index (χ1v) is 6.83. The summed E-state index contributed by atoms with van der Waals surface area (Å²) in [5, 5.41) is 0.580. The molecule has 2 atom stereocenters. The average Bonchev–Trinajstić information content (AvgIpc) is 2.41. The SMILES string of the molecule is CCOC(C)(CC)C(NN)c1ccc(Cl)c(OC)c1. The van der Waals surface area contributed by atoms with Gasteiger partial charge in [0.2, 0.25) is 0 Å². The molecule has 0 heterocycles. The molecule has 1 aromatic carbocycles. The zero-order valence-corrected chi connectivity index (χ0v) is 12.8. The van der Waals surface area contributed by atoms with E-state index in [0.717, 1.165) is 12.0 Å². The molecule has 0 radical (unpaired) electrons. The summed E-state index contributed by atoms with van der Waals surface area (Å²) in [6.45, 7) is 6.73. The number of hydrogen-bond donors (Lipinski definition) is 2. The van der Waals surface area contributed by atoms with Crippen LogP contribution in [0.25, 0.3) is 0 Å². The molecule has 0 spiro atoms. The topological polar surface area (TPSA) is 56.5 Å². The summed E-state index contributed by atoms with van der Waals surface area (Å²) < 4.78 is 11.1. The number of nitrogens with two attached hydrogens (primary N) is 1. The Labute approximate surface area is 120 Å². The smallest absolute Gasteiger partial charge is 0.137 e. The van der Waals surface area contributed by atoms with Crippen molar-refractivity contribution in [1.82, 2.24) is 5.43 Å². The Hall–Kier alpha value is -0.810. The van der Waals surface area contributed by atoms with Crippen molar-refractivity contribution >= 4 is 11.6 Å². The molecule has 5 heteroatoms. The van der Waals surface area contributed by atoms with Gasteiger partial charge in [-0.05, 0) is 38.0 Å². The van der Waals surface area contributed by atoms with Crippen LogP contribution in [0, 0.1) is 0 Å². The van der Waals surface area contributed by atoms with E-state index < -0.39 is 0 Å². The summed E-state index contributed by atoms with van der Waals surface area (Å²) in [6.07, 6.45) is 0.834. The molecule has 1 aromatic rings. The Bertz CT molecular complexity index is 414. The van der Waals surface area contributed by atoms with Crippen molar-refractivity contribution in [3.63, 3.8) is 0 Å². The first-order valence-electron chi connectivity index (χ1n) is 6.45. The first-order chi connectivity index (χ1) is 9.02. The van der Waals surface area contributed by atoms with Crippen LogP contribution >= 0.6 is 11.6 Å². The molecule has 0 aromatic heterocycles. The highest BCUT2D eigenvalue weighted by Crippen LogP contribution is 2.35. The third kappa shape index (κ3) is 3.60. The summed E-state index contributed by atoms with van der Waals surface area (Å²) in [4.78, 5) is 0. The summed E-state index contributed by atoms with van der Waals surface area (Å²) in [5.74, 6) is 6.36. The van der Waals surface area contributed by atoms with Crippen LogP contribution in [0.2, 0.25) is 5.02 Å². The molecule has 0 saturated carbocycles. The fourth-order valence-corrected chi connectivity index (χ4v) is 2.39. The molecule has 2 unspecified atom stereocenters. The molecule has 19 heavy (non-hydrogen) atoms. The third-order valence-corrected chi connectivity index (χ3v) is 3.77. The second-order valence-electron chi connectivity index (χ2n) is 4.59. The van der Waals surface area contributed by atoms with Crippen molar-refractivity contribution in [1.29, 1.82) is 0 Å². The van der Waals surface area contributed by atoms with E-state index in [9.17, 15) is 0 Å². The van der Waals surface area contributed by atoms with Crippen molar-refractivity contribution in [3.05, 3.63) is 28.8 Å². The van der Waals surface area contributed by atoms with Gasteiger partial charge in [-0.1, -0.05) is 24.6 Å². The van der Waals surface area contributed by atoms with Crippen molar-refractivity contribution in [2.45, 2.75) is 38.8 Å². The fourth-order valence-electron chi connectivity index (χ4n) is 2.20. The van der Waals surface area contributed by atoms with Gasteiger partial charge >= 0.3 is 0 Å². The van der Waals surface area contributed by atoms with Gasteiger partial charge < -0.3 is 9.47 Å². The van der Waals surface area contributed by atoms with E-state index in [1.165, 1.54) is 0 Å². The average molecular weight is 287 g/mol. The van der Waals surface area contributed by atoms with E-state index in [4.69, 9.17) is 26.9 Å².